The van der Waals surface area contributed by atoms with Crippen LogP contribution in [0.2, 0.25) is 0 Å². The largest absolute Gasteiger partial charge is 0.338 e. The van der Waals surface area contributed by atoms with Crippen LogP contribution in [0.5, 0.6) is 0 Å². The third-order valence-corrected chi connectivity index (χ3v) is 6.53. The van der Waals surface area contributed by atoms with Gasteiger partial charge >= 0.3 is 6.03 Å². The van der Waals surface area contributed by atoms with Gasteiger partial charge < -0.3 is 20.0 Å². The van der Waals surface area contributed by atoms with Gasteiger partial charge in [-0.15, -0.1) is 0 Å². The van der Waals surface area contributed by atoms with E-state index in [-0.39, 0.29) is 18.5 Å². The quantitative estimate of drug-likeness (QED) is 0.868. The fraction of sp³-hybridized carbons (Fsp3) is 0.636. The number of hydrogen-bond acceptors (Lipinski definition) is 3. The van der Waals surface area contributed by atoms with Crippen molar-refractivity contribution in [1.82, 2.24) is 15.1 Å². The molecule has 0 radical (unpaired) electrons. The van der Waals surface area contributed by atoms with E-state index in [0.717, 1.165) is 31.2 Å². The van der Waals surface area contributed by atoms with Crippen LogP contribution in [0.3, 0.4) is 0 Å². The highest BCUT2D eigenvalue weighted by Crippen LogP contribution is 2.27. The summed E-state index contributed by atoms with van der Waals surface area (Å²) in [6.07, 6.45) is 7.97. The standard InChI is InChI=1S/C22H32N4O2/c27-21-17-25(13-14-26(21)20-9-5-2-6-10-20)22(28)23-15-18-11-12-24(16-18)19-7-3-1-4-8-19/h2,5-6,9-10,18-19H,1,3-4,7-8,11-17H2,(H,23,28). The van der Waals surface area contributed by atoms with Gasteiger partial charge in [-0.25, -0.2) is 4.79 Å². The number of benzene rings is 1. The van der Waals surface area contributed by atoms with Crippen molar-refractivity contribution in [3.8, 4) is 0 Å². The summed E-state index contributed by atoms with van der Waals surface area (Å²) < 4.78 is 0. The van der Waals surface area contributed by atoms with Crippen molar-refractivity contribution < 1.29 is 9.59 Å². The zero-order valence-corrected chi connectivity index (χ0v) is 16.7. The minimum Gasteiger partial charge on any atom is -0.338 e. The Labute approximate surface area is 167 Å². The van der Waals surface area contributed by atoms with Gasteiger partial charge in [0.1, 0.15) is 6.54 Å². The van der Waals surface area contributed by atoms with Gasteiger partial charge in [0.2, 0.25) is 5.91 Å². The predicted octanol–water partition coefficient (Wildman–Crippen LogP) is 2.70. The van der Waals surface area contributed by atoms with Crippen LogP contribution in [0, 0.1) is 5.92 Å². The lowest BCUT2D eigenvalue weighted by Gasteiger charge is -2.34. The van der Waals surface area contributed by atoms with E-state index in [0.29, 0.717) is 19.0 Å². The molecule has 3 aliphatic rings. The summed E-state index contributed by atoms with van der Waals surface area (Å²) in [4.78, 5) is 31.1. The molecule has 1 atom stereocenters. The van der Waals surface area contributed by atoms with Gasteiger partial charge in [-0.2, -0.15) is 0 Å². The van der Waals surface area contributed by atoms with E-state index in [4.69, 9.17) is 0 Å². The second-order valence-corrected chi connectivity index (χ2v) is 8.43. The molecule has 1 unspecified atom stereocenters. The van der Waals surface area contributed by atoms with Crippen LogP contribution < -0.4 is 10.2 Å². The average molecular weight is 385 g/mol. The van der Waals surface area contributed by atoms with Crippen molar-refractivity contribution >= 4 is 17.6 Å². The number of anilines is 1. The lowest BCUT2D eigenvalue weighted by atomic mass is 9.94. The van der Waals surface area contributed by atoms with E-state index in [1.54, 1.807) is 9.80 Å². The van der Waals surface area contributed by atoms with Crippen LogP contribution in [0.15, 0.2) is 30.3 Å². The number of piperazine rings is 1. The first kappa shape index (κ1) is 19.2. The molecule has 2 heterocycles. The highest BCUT2D eigenvalue weighted by atomic mass is 16.2. The van der Waals surface area contributed by atoms with Crippen molar-refractivity contribution in [2.45, 2.75) is 44.6 Å². The van der Waals surface area contributed by atoms with Crippen molar-refractivity contribution in [3.63, 3.8) is 0 Å². The zero-order chi connectivity index (χ0) is 19.3. The summed E-state index contributed by atoms with van der Waals surface area (Å²) in [5, 5.41) is 3.08. The van der Waals surface area contributed by atoms with Gasteiger partial charge in [-0.1, -0.05) is 37.5 Å². The fourth-order valence-corrected chi connectivity index (χ4v) is 4.88. The molecule has 6 nitrogen and oxygen atoms in total. The van der Waals surface area contributed by atoms with Crippen LogP contribution in [-0.2, 0) is 4.79 Å². The second kappa shape index (κ2) is 8.95. The Hall–Kier alpha value is -2.08. The van der Waals surface area contributed by atoms with E-state index >= 15 is 0 Å². The number of nitrogens with zero attached hydrogens (tertiary/aromatic N) is 3. The van der Waals surface area contributed by atoms with Crippen LogP contribution in [0.4, 0.5) is 10.5 Å². The highest BCUT2D eigenvalue weighted by Gasteiger charge is 2.31. The number of likely N-dealkylation sites (tertiary alicyclic amines) is 1. The molecule has 2 saturated heterocycles. The molecule has 1 saturated carbocycles. The summed E-state index contributed by atoms with van der Waals surface area (Å²) in [7, 11) is 0. The topological polar surface area (TPSA) is 55.9 Å². The summed E-state index contributed by atoms with van der Waals surface area (Å²) >= 11 is 0. The van der Waals surface area contributed by atoms with Gasteiger partial charge in [0.05, 0.1) is 0 Å². The average Bonchev–Trinajstić information content (AvgIpc) is 3.22. The third kappa shape index (κ3) is 4.49. The number of amides is 3. The molecular formula is C22H32N4O2. The SMILES string of the molecule is O=C(NCC1CCN(C2CCCCC2)C1)N1CCN(c2ccccc2)C(=O)C1. The maximum Gasteiger partial charge on any atom is 0.317 e. The number of hydrogen-bond donors (Lipinski definition) is 1. The number of rotatable bonds is 4. The first-order chi connectivity index (χ1) is 13.7. The number of carbonyl (C=O) groups is 2. The van der Waals surface area contributed by atoms with Gasteiger partial charge in [-0.05, 0) is 43.9 Å². The highest BCUT2D eigenvalue weighted by molar-refractivity contribution is 5.97. The first-order valence-corrected chi connectivity index (χ1v) is 10.8. The molecule has 152 valence electrons. The normalized spacial score (nSPS) is 24.6. The minimum atomic E-state index is -0.0998. The van der Waals surface area contributed by atoms with E-state index in [1.807, 2.05) is 30.3 Å². The van der Waals surface area contributed by atoms with Gasteiger partial charge in [0.25, 0.3) is 0 Å². The molecule has 28 heavy (non-hydrogen) atoms. The van der Waals surface area contributed by atoms with E-state index in [9.17, 15) is 9.59 Å². The van der Waals surface area contributed by atoms with Crippen LogP contribution in [0.1, 0.15) is 38.5 Å². The monoisotopic (exact) mass is 384 g/mol. The van der Waals surface area contributed by atoms with E-state index in [1.165, 1.54) is 38.6 Å². The Morgan fingerprint density at radius 3 is 2.54 bits per heavy atom. The van der Waals surface area contributed by atoms with E-state index in [2.05, 4.69) is 10.2 Å². The van der Waals surface area contributed by atoms with Crippen LogP contribution in [0.25, 0.3) is 0 Å². The van der Waals surface area contributed by atoms with E-state index < -0.39 is 0 Å². The summed E-state index contributed by atoms with van der Waals surface area (Å²) in [6.45, 7) is 4.26. The molecule has 0 spiro atoms. The Morgan fingerprint density at radius 1 is 1.00 bits per heavy atom. The predicted molar refractivity (Wildman–Crippen MR) is 110 cm³/mol. The molecule has 1 N–H and O–H groups in total. The van der Waals surface area contributed by atoms with Gasteiger partial charge in [0.15, 0.2) is 0 Å². The number of urea groups is 1. The Bertz CT molecular complexity index is 674. The lowest BCUT2D eigenvalue weighted by Crippen LogP contribution is -2.55. The lowest BCUT2D eigenvalue weighted by molar-refractivity contribution is -0.120. The molecule has 1 aromatic rings. The van der Waals surface area contributed by atoms with Crippen LogP contribution >= 0.6 is 0 Å². The Kier molecular flexibility index (Phi) is 6.15. The minimum absolute atomic E-state index is 0.0167. The van der Waals surface area contributed by atoms with Crippen molar-refractivity contribution in [3.05, 3.63) is 30.3 Å². The smallest absolute Gasteiger partial charge is 0.317 e. The Morgan fingerprint density at radius 2 is 1.79 bits per heavy atom. The molecule has 0 bridgehead atoms. The maximum atomic E-state index is 12.6. The Balaban J connectivity index is 1.21. The third-order valence-electron chi connectivity index (χ3n) is 6.53. The molecule has 0 aromatic heterocycles. The summed E-state index contributed by atoms with van der Waals surface area (Å²) in [6, 6.07) is 10.3. The molecule has 6 heteroatoms. The fourth-order valence-electron chi connectivity index (χ4n) is 4.88. The van der Waals surface area contributed by atoms with Crippen molar-refractivity contribution in [2.75, 3.05) is 44.2 Å². The summed E-state index contributed by atoms with van der Waals surface area (Å²) in [5.74, 6) is 0.518. The number of carbonyl (C=O) groups excluding carboxylic acids is 2. The molecule has 1 aliphatic carbocycles. The van der Waals surface area contributed by atoms with Gasteiger partial charge in [-0.3, -0.25) is 4.79 Å². The molecule has 1 aromatic carbocycles. The first-order valence-electron chi connectivity index (χ1n) is 10.8. The molecule has 3 fully saturated rings. The molecule has 3 amide bonds. The number of nitrogens with one attached hydrogen (secondary N) is 1. The molecule has 4 rings (SSSR count). The molecular weight excluding hydrogens is 352 g/mol. The van der Waals surface area contributed by atoms with Crippen LogP contribution in [-0.4, -0.2) is 67.0 Å². The van der Waals surface area contributed by atoms with Gasteiger partial charge in [0, 0.05) is 37.9 Å². The molecule has 2 aliphatic heterocycles. The number of para-hydroxylation sites is 1. The van der Waals surface area contributed by atoms with Crippen molar-refractivity contribution in [1.29, 1.82) is 0 Å². The zero-order valence-electron chi connectivity index (χ0n) is 16.7. The maximum absolute atomic E-state index is 12.6. The summed E-state index contributed by atoms with van der Waals surface area (Å²) in [5.41, 5.74) is 0.904. The van der Waals surface area contributed by atoms with Crippen molar-refractivity contribution in [2.24, 2.45) is 5.92 Å². The second-order valence-electron chi connectivity index (χ2n) is 8.43.